The second kappa shape index (κ2) is 7.83. The summed E-state index contributed by atoms with van der Waals surface area (Å²) in [5, 5.41) is 8.75. The fourth-order valence-corrected chi connectivity index (χ4v) is 4.30. The summed E-state index contributed by atoms with van der Waals surface area (Å²) in [5.74, 6) is -1.12. The quantitative estimate of drug-likeness (QED) is 0.788. The first-order chi connectivity index (χ1) is 11.8. The average molecular weight is 370 g/mol. The zero-order valence-corrected chi connectivity index (χ0v) is 15.0. The van der Waals surface area contributed by atoms with E-state index in [1.54, 1.807) is 12.1 Å². The Hall–Kier alpha value is -2.13. The Kier molecular flexibility index (Phi) is 6.02. The molecule has 0 bridgehead atoms. The summed E-state index contributed by atoms with van der Waals surface area (Å²) < 4.78 is 31.7. The molecule has 0 atom stereocenters. The van der Waals surface area contributed by atoms with Gasteiger partial charge in [-0.3, -0.25) is 9.59 Å². The van der Waals surface area contributed by atoms with Crippen LogP contribution < -0.4 is 4.74 Å². The Bertz CT molecular complexity index is 723. The summed E-state index contributed by atoms with van der Waals surface area (Å²) in [6.45, 7) is 0.0978. The molecular formula is C16H22N2O6S. The number of carbonyl (C=O) groups excluding carboxylic acids is 1. The lowest BCUT2D eigenvalue weighted by atomic mass is 9.97. The SMILES string of the molecule is COc1ccc(S(=O)(=O)N2CCC(C(=O)N(C)CC(=O)O)CC2)cc1. The zero-order valence-electron chi connectivity index (χ0n) is 14.2. The second-order valence-corrected chi connectivity index (χ2v) is 7.88. The molecule has 8 nitrogen and oxygen atoms in total. The number of piperidine rings is 1. The van der Waals surface area contributed by atoms with E-state index in [2.05, 4.69) is 0 Å². The maximum atomic E-state index is 12.7. The molecule has 1 heterocycles. The van der Waals surface area contributed by atoms with Gasteiger partial charge in [0.15, 0.2) is 0 Å². The van der Waals surface area contributed by atoms with Gasteiger partial charge in [-0.25, -0.2) is 8.42 Å². The van der Waals surface area contributed by atoms with E-state index in [9.17, 15) is 18.0 Å². The van der Waals surface area contributed by atoms with Gasteiger partial charge in [0, 0.05) is 26.1 Å². The fourth-order valence-electron chi connectivity index (χ4n) is 2.83. The molecule has 2 rings (SSSR count). The Labute approximate surface area is 147 Å². The van der Waals surface area contributed by atoms with Crippen LogP contribution in [0.2, 0.25) is 0 Å². The summed E-state index contributed by atoms with van der Waals surface area (Å²) >= 11 is 0. The van der Waals surface area contributed by atoms with Gasteiger partial charge >= 0.3 is 5.97 Å². The highest BCUT2D eigenvalue weighted by Crippen LogP contribution is 2.26. The highest BCUT2D eigenvalue weighted by molar-refractivity contribution is 7.89. The van der Waals surface area contributed by atoms with E-state index in [0.717, 1.165) is 0 Å². The number of ether oxygens (including phenoxy) is 1. The van der Waals surface area contributed by atoms with Crippen LogP contribution in [-0.4, -0.2) is 68.4 Å². The largest absolute Gasteiger partial charge is 0.497 e. The third-order valence-corrected chi connectivity index (χ3v) is 6.16. The maximum absolute atomic E-state index is 12.7. The molecule has 1 N–H and O–H groups in total. The molecule has 0 aliphatic carbocycles. The van der Waals surface area contributed by atoms with Gasteiger partial charge in [-0.2, -0.15) is 4.31 Å². The van der Waals surface area contributed by atoms with Crippen molar-refractivity contribution in [3.63, 3.8) is 0 Å². The number of hydrogen-bond donors (Lipinski definition) is 1. The topological polar surface area (TPSA) is 104 Å². The van der Waals surface area contributed by atoms with Crippen LogP contribution in [0, 0.1) is 5.92 Å². The molecule has 0 aromatic heterocycles. The molecule has 1 aliphatic heterocycles. The summed E-state index contributed by atoms with van der Waals surface area (Å²) in [6.07, 6.45) is 0.746. The lowest BCUT2D eigenvalue weighted by Gasteiger charge is -2.32. The minimum absolute atomic E-state index is 0.182. The number of nitrogens with zero attached hydrogens (tertiary/aromatic N) is 2. The first-order valence-corrected chi connectivity index (χ1v) is 9.30. The minimum atomic E-state index is -3.62. The van der Waals surface area contributed by atoms with Gasteiger partial charge in [-0.15, -0.1) is 0 Å². The molecule has 1 amide bonds. The molecule has 1 saturated heterocycles. The molecule has 1 aromatic carbocycles. The van der Waals surface area contributed by atoms with Gasteiger partial charge < -0.3 is 14.7 Å². The van der Waals surface area contributed by atoms with Crippen LogP contribution in [0.15, 0.2) is 29.2 Å². The van der Waals surface area contributed by atoms with Gasteiger partial charge in [0.05, 0.1) is 12.0 Å². The number of carbonyl (C=O) groups is 2. The van der Waals surface area contributed by atoms with Crippen molar-refractivity contribution in [2.45, 2.75) is 17.7 Å². The Morgan fingerprint density at radius 2 is 1.80 bits per heavy atom. The molecule has 0 saturated carbocycles. The van der Waals surface area contributed by atoms with E-state index in [1.165, 1.54) is 35.5 Å². The summed E-state index contributed by atoms with van der Waals surface area (Å²) in [5.41, 5.74) is 0. The Morgan fingerprint density at radius 3 is 2.28 bits per heavy atom. The van der Waals surface area contributed by atoms with Crippen LogP contribution in [0.3, 0.4) is 0 Å². The smallest absolute Gasteiger partial charge is 0.323 e. The van der Waals surface area contributed by atoms with Gasteiger partial charge in [0.2, 0.25) is 15.9 Å². The highest BCUT2D eigenvalue weighted by Gasteiger charge is 2.33. The molecule has 25 heavy (non-hydrogen) atoms. The third-order valence-electron chi connectivity index (χ3n) is 4.25. The lowest BCUT2D eigenvalue weighted by molar-refractivity contribution is -0.145. The van der Waals surface area contributed by atoms with Crippen molar-refractivity contribution in [3.05, 3.63) is 24.3 Å². The van der Waals surface area contributed by atoms with Gasteiger partial charge in [-0.1, -0.05) is 0 Å². The molecule has 1 aromatic rings. The first-order valence-electron chi connectivity index (χ1n) is 7.86. The number of hydrogen-bond acceptors (Lipinski definition) is 5. The van der Waals surface area contributed by atoms with Crippen molar-refractivity contribution in [3.8, 4) is 5.75 Å². The number of aliphatic carboxylic acids is 1. The van der Waals surface area contributed by atoms with Crippen LogP contribution in [0.25, 0.3) is 0 Å². The minimum Gasteiger partial charge on any atom is -0.497 e. The molecular weight excluding hydrogens is 348 g/mol. The molecule has 9 heteroatoms. The molecule has 138 valence electrons. The molecule has 0 spiro atoms. The lowest BCUT2D eigenvalue weighted by Crippen LogP contribution is -2.44. The van der Waals surface area contributed by atoms with E-state index < -0.39 is 16.0 Å². The third kappa shape index (κ3) is 4.49. The standard InChI is InChI=1S/C16H22N2O6S/c1-17(11-15(19)20)16(21)12-7-9-18(10-8-12)25(22,23)14-5-3-13(24-2)4-6-14/h3-6,12H,7-11H2,1-2H3,(H,19,20). The van der Waals surface area contributed by atoms with E-state index in [0.29, 0.717) is 18.6 Å². The van der Waals surface area contributed by atoms with Crippen molar-refractivity contribution in [1.82, 2.24) is 9.21 Å². The fraction of sp³-hybridized carbons (Fsp3) is 0.500. The normalized spacial score (nSPS) is 16.4. The number of methoxy groups -OCH3 is 1. The predicted molar refractivity (Wildman–Crippen MR) is 89.7 cm³/mol. The number of carboxylic acids is 1. The summed E-state index contributed by atoms with van der Waals surface area (Å²) in [6, 6.07) is 6.16. The number of amides is 1. The molecule has 0 unspecified atom stereocenters. The average Bonchev–Trinajstić information content (AvgIpc) is 2.60. The van der Waals surface area contributed by atoms with Crippen molar-refractivity contribution in [1.29, 1.82) is 0 Å². The first kappa shape index (κ1) is 19.2. The van der Waals surface area contributed by atoms with Crippen molar-refractivity contribution in [2.75, 3.05) is 33.8 Å². The van der Waals surface area contributed by atoms with Crippen LogP contribution in [0.5, 0.6) is 5.75 Å². The van der Waals surface area contributed by atoms with Gasteiger partial charge in [0.25, 0.3) is 0 Å². The van der Waals surface area contributed by atoms with Gasteiger partial charge in [-0.05, 0) is 37.1 Å². The van der Waals surface area contributed by atoms with E-state index in [1.807, 2.05) is 0 Å². The number of likely N-dealkylation sites (N-methyl/N-ethyl adjacent to an activating group) is 1. The molecule has 1 aliphatic rings. The number of carboxylic acid groups (broad SMARTS) is 1. The van der Waals surface area contributed by atoms with Crippen LogP contribution in [0.1, 0.15) is 12.8 Å². The van der Waals surface area contributed by atoms with Crippen LogP contribution in [-0.2, 0) is 19.6 Å². The Balaban J connectivity index is 2.00. The monoisotopic (exact) mass is 370 g/mol. The molecule has 1 fully saturated rings. The van der Waals surface area contributed by atoms with Crippen molar-refractivity contribution >= 4 is 21.9 Å². The van der Waals surface area contributed by atoms with Gasteiger partial charge in [0.1, 0.15) is 12.3 Å². The predicted octanol–water partition coefficient (Wildman–Crippen LogP) is 0.639. The number of benzene rings is 1. The number of rotatable bonds is 6. The zero-order chi connectivity index (χ0) is 18.6. The highest BCUT2D eigenvalue weighted by atomic mass is 32.2. The molecule has 0 radical (unpaired) electrons. The summed E-state index contributed by atoms with van der Waals surface area (Å²) in [4.78, 5) is 24.3. The second-order valence-electron chi connectivity index (χ2n) is 5.94. The van der Waals surface area contributed by atoms with Crippen molar-refractivity contribution in [2.24, 2.45) is 5.92 Å². The summed E-state index contributed by atoms with van der Waals surface area (Å²) in [7, 11) is -0.669. The van der Waals surface area contributed by atoms with E-state index in [4.69, 9.17) is 9.84 Å². The van der Waals surface area contributed by atoms with E-state index >= 15 is 0 Å². The van der Waals surface area contributed by atoms with Crippen LogP contribution >= 0.6 is 0 Å². The number of sulfonamides is 1. The van der Waals surface area contributed by atoms with E-state index in [-0.39, 0.29) is 36.4 Å². The van der Waals surface area contributed by atoms with Crippen molar-refractivity contribution < 1.29 is 27.9 Å². The van der Waals surface area contributed by atoms with Crippen LogP contribution in [0.4, 0.5) is 0 Å². The maximum Gasteiger partial charge on any atom is 0.323 e. The Morgan fingerprint density at radius 1 is 1.24 bits per heavy atom.